The number of aromatic nitrogens is 2. The molecule has 0 saturated carbocycles. The Bertz CT molecular complexity index is 574. The van der Waals surface area contributed by atoms with Gasteiger partial charge in [-0.15, -0.1) is 0 Å². The fourth-order valence-electron chi connectivity index (χ4n) is 2.03. The average molecular weight is 306 g/mol. The molecule has 0 atom stereocenters. The number of rotatable bonds is 2. The minimum absolute atomic E-state index is 0.500. The monoisotopic (exact) mass is 305 g/mol. The van der Waals surface area contributed by atoms with Gasteiger partial charge in [0.25, 0.3) is 0 Å². The van der Waals surface area contributed by atoms with E-state index in [1.165, 1.54) is 11.1 Å². The average Bonchev–Trinajstić information content (AvgIpc) is 2.33. The first-order valence-electron chi connectivity index (χ1n) is 5.93. The van der Waals surface area contributed by atoms with E-state index in [4.69, 9.17) is 5.73 Å². The summed E-state index contributed by atoms with van der Waals surface area (Å²) in [5, 5.41) is 0. The van der Waals surface area contributed by atoms with E-state index in [9.17, 15) is 0 Å². The minimum Gasteiger partial charge on any atom is -0.383 e. The first-order valence-corrected chi connectivity index (χ1v) is 6.72. The van der Waals surface area contributed by atoms with Gasteiger partial charge in [-0.1, -0.05) is 25.1 Å². The Labute approximate surface area is 116 Å². The molecule has 0 aliphatic heterocycles. The van der Waals surface area contributed by atoms with E-state index in [2.05, 4.69) is 58.8 Å². The lowest BCUT2D eigenvalue weighted by molar-refractivity contribution is 0.993. The molecule has 1 heterocycles. The van der Waals surface area contributed by atoms with Gasteiger partial charge in [0, 0.05) is 5.56 Å². The Morgan fingerprint density at radius 1 is 1.17 bits per heavy atom. The molecule has 3 nitrogen and oxygen atoms in total. The van der Waals surface area contributed by atoms with Crippen LogP contribution >= 0.6 is 15.9 Å². The van der Waals surface area contributed by atoms with Crippen LogP contribution in [0.5, 0.6) is 0 Å². The van der Waals surface area contributed by atoms with Crippen molar-refractivity contribution in [2.45, 2.75) is 27.2 Å². The molecule has 0 aliphatic rings. The van der Waals surface area contributed by atoms with Crippen LogP contribution in [0.3, 0.4) is 0 Å². The number of benzene rings is 1. The lowest BCUT2D eigenvalue weighted by Gasteiger charge is -2.11. The third-order valence-corrected chi connectivity index (χ3v) is 3.85. The Hall–Kier alpha value is -1.42. The van der Waals surface area contributed by atoms with Crippen LogP contribution in [0.2, 0.25) is 0 Å². The summed E-state index contributed by atoms with van der Waals surface area (Å²) in [6, 6.07) is 6.17. The quantitative estimate of drug-likeness (QED) is 0.921. The predicted octanol–water partition coefficient (Wildman–Crippen LogP) is 3.67. The third-order valence-electron chi connectivity index (χ3n) is 2.99. The fraction of sp³-hybridized carbons (Fsp3) is 0.286. The van der Waals surface area contributed by atoms with E-state index in [-0.39, 0.29) is 0 Å². The van der Waals surface area contributed by atoms with Crippen molar-refractivity contribution >= 4 is 21.7 Å². The molecule has 1 aromatic carbocycles. The first kappa shape index (κ1) is 13.0. The van der Waals surface area contributed by atoms with E-state index in [0.717, 1.165) is 22.2 Å². The van der Waals surface area contributed by atoms with Crippen molar-refractivity contribution in [3.63, 3.8) is 0 Å². The zero-order valence-corrected chi connectivity index (χ0v) is 12.4. The molecular formula is C14H16BrN3. The SMILES string of the molecule is CCc1nc(-c2c(C)cccc2C)nc(N)c1Br. The van der Waals surface area contributed by atoms with Crippen molar-refractivity contribution in [1.82, 2.24) is 9.97 Å². The highest BCUT2D eigenvalue weighted by Gasteiger charge is 2.13. The van der Waals surface area contributed by atoms with E-state index in [0.29, 0.717) is 11.6 Å². The molecule has 2 aromatic rings. The number of nitrogens with two attached hydrogens (primary N) is 1. The molecule has 0 bridgehead atoms. The highest BCUT2D eigenvalue weighted by molar-refractivity contribution is 9.10. The van der Waals surface area contributed by atoms with Gasteiger partial charge in [0.1, 0.15) is 5.82 Å². The maximum Gasteiger partial charge on any atom is 0.162 e. The summed E-state index contributed by atoms with van der Waals surface area (Å²) >= 11 is 3.43. The molecule has 0 radical (unpaired) electrons. The molecule has 0 unspecified atom stereocenters. The second kappa shape index (κ2) is 5.06. The number of aryl methyl sites for hydroxylation is 3. The summed E-state index contributed by atoms with van der Waals surface area (Å²) < 4.78 is 0.806. The van der Waals surface area contributed by atoms with Gasteiger partial charge >= 0.3 is 0 Å². The standard InChI is InChI=1S/C14H16BrN3/c1-4-10-12(15)13(16)18-14(17-10)11-8(2)6-5-7-9(11)3/h5-7H,4H2,1-3H3,(H2,16,17,18). The summed E-state index contributed by atoms with van der Waals surface area (Å²) in [6.07, 6.45) is 0.825. The molecule has 4 heteroatoms. The van der Waals surface area contributed by atoms with Crippen molar-refractivity contribution in [3.8, 4) is 11.4 Å². The van der Waals surface area contributed by atoms with E-state index < -0.39 is 0 Å². The summed E-state index contributed by atoms with van der Waals surface area (Å²) in [4.78, 5) is 9.00. The first-order chi connectivity index (χ1) is 8.54. The maximum absolute atomic E-state index is 5.94. The topological polar surface area (TPSA) is 51.8 Å². The van der Waals surface area contributed by atoms with Gasteiger partial charge in [0.05, 0.1) is 10.2 Å². The lowest BCUT2D eigenvalue weighted by atomic mass is 10.0. The normalized spacial score (nSPS) is 10.7. The predicted molar refractivity (Wildman–Crippen MR) is 78.4 cm³/mol. The number of halogens is 1. The smallest absolute Gasteiger partial charge is 0.162 e. The van der Waals surface area contributed by atoms with Gasteiger partial charge < -0.3 is 5.73 Å². The second-order valence-electron chi connectivity index (χ2n) is 4.31. The molecule has 0 spiro atoms. The summed E-state index contributed by atoms with van der Waals surface area (Å²) in [6.45, 7) is 6.19. The zero-order chi connectivity index (χ0) is 13.3. The van der Waals surface area contributed by atoms with Gasteiger partial charge in [-0.2, -0.15) is 0 Å². The van der Waals surface area contributed by atoms with E-state index in [1.807, 2.05) is 6.07 Å². The summed E-state index contributed by atoms with van der Waals surface area (Å²) in [7, 11) is 0. The molecule has 2 N–H and O–H groups in total. The lowest BCUT2D eigenvalue weighted by Crippen LogP contribution is -2.03. The van der Waals surface area contributed by atoms with Crippen molar-refractivity contribution < 1.29 is 0 Å². The molecule has 2 rings (SSSR count). The molecular weight excluding hydrogens is 290 g/mol. The van der Waals surface area contributed by atoms with E-state index in [1.54, 1.807) is 0 Å². The van der Waals surface area contributed by atoms with Crippen LogP contribution in [0.25, 0.3) is 11.4 Å². The molecule has 1 aromatic heterocycles. The van der Waals surface area contributed by atoms with Crippen LogP contribution in [-0.2, 0) is 6.42 Å². The minimum atomic E-state index is 0.500. The largest absolute Gasteiger partial charge is 0.383 e. The molecule has 0 saturated heterocycles. The van der Waals surface area contributed by atoms with Crippen LogP contribution in [0.15, 0.2) is 22.7 Å². The van der Waals surface area contributed by atoms with Crippen molar-refractivity contribution in [3.05, 3.63) is 39.5 Å². The van der Waals surface area contributed by atoms with Gasteiger partial charge in [-0.05, 0) is 47.3 Å². The molecule has 0 amide bonds. The molecule has 0 fully saturated rings. The van der Waals surface area contributed by atoms with Crippen LogP contribution in [0, 0.1) is 13.8 Å². The molecule has 0 aliphatic carbocycles. The van der Waals surface area contributed by atoms with Gasteiger partial charge in [0.15, 0.2) is 5.82 Å². The van der Waals surface area contributed by atoms with Crippen molar-refractivity contribution in [2.75, 3.05) is 5.73 Å². The fourth-order valence-corrected chi connectivity index (χ4v) is 2.48. The van der Waals surface area contributed by atoms with Gasteiger partial charge in [-0.25, -0.2) is 9.97 Å². The van der Waals surface area contributed by atoms with Crippen molar-refractivity contribution in [1.29, 1.82) is 0 Å². The summed E-state index contributed by atoms with van der Waals surface area (Å²) in [5.74, 6) is 1.21. The van der Waals surface area contributed by atoms with Gasteiger partial charge in [0.2, 0.25) is 0 Å². The van der Waals surface area contributed by atoms with E-state index >= 15 is 0 Å². The zero-order valence-electron chi connectivity index (χ0n) is 10.8. The number of nitrogens with zero attached hydrogens (tertiary/aromatic N) is 2. The number of nitrogen functional groups attached to an aromatic ring is 1. The third kappa shape index (κ3) is 2.25. The van der Waals surface area contributed by atoms with Crippen LogP contribution in [0.1, 0.15) is 23.7 Å². The van der Waals surface area contributed by atoms with Crippen LogP contribution in [-0.4, -0.2) is 9.97 Å². The highest BCUT2D eigenvalue weighted by atomic mass is 79.9. The summed E-state index contributed by atoms with van der Waals surface area (Å²) in [5.41, 5.74) is 10.3. The molecule has 94 valence electrons. The molecule has 18 heavy (non-hydrogen) atoms. The Kier molecular flexibility index (Phi) is 3.66. The van der Waals surface area contributed by atoms with Crippen LogP contribution in [0.4, 0.5) is 5.82 Å². The number of hydrogen-bond donors (Lipinski definition) is 1. The van der Waals surface area contributed by atoms with Crippen LogP contribution < -0.4 is 5.73 Å². The van der Waals surface area contributed by atoms with Crippen molar-refractivity contribution in [2.24, 2.45) is 0 Å². The Morgan fingerprint density at radius 3 is 2.33 bits per heavy atom. The highest BCUT2D eigenvalue weighted by Crippen LogP contribution is 2.29. The van der Waals surface area contributed by atoms with Gasteiger partial charge in [-0.3, -0.25) is 0 Å². The Balaban J connectivity index is 2.68. The number of anilines is 1. The number of hydrogen-bond acceptors (Lipinski definition) is 3. The Morgan fingerprint density at radius 2 is 1.78 bits per heavy atom. The maximum atomic E-state index is 5.94. The second-order valence-corrected chi connectivity index (χ2v) is 5.11.